The van der Waals surface area contributed by atoms with Crippen LogP contribution in [0.25, 0.3) is 0 Å². The molecule has 0 amide bonds. The summed E-state index contributed by atoms with van der Waals surface area (Å²) >= 11 is 20.0. The van der Waals surface area contributed by atoms with Crippen LogP contribution in [0.2, 0.25) is 10.0 Å². The highest BCUT2D eigenvalue weighted by Crippen LogP contribution is 2.38. The fourth-order valence-electron chi connectivity index (χ4n) is 4.36. The van der Waals surface area contributed by atoms with Crippen LogP contribution in [0.4, 0.5) is 10.7 Å². The lowest BCUT2D eigenvalue weighted by atomic mass is 10.1. The predicted octanol–water partition coefficient (Wildman–Crippen LogP) is 7.17. The average molecular weight is 552 g/mol. The summed E-state index contributed by atoms with van der Waals surface area (Å²) in [7, 11) is 0. The molecule has 0 fully saturated rings. The Kier molecular flexibility index (Phi) is 8.37. The van der Waals surface area contributed by atoms with Crippen molar-refractivity contribution in [1.29, 1.82) is 0 Å². The van der Waals surface area contributed by atoms with Gasteiger partial charge in [-0.15, -0.1) is 11.3 Å². The molecule has 1 aromatic carbocycles. The minimum Gasteiger partial charge on any atom is -0.462 e. The molecule has 0 radical (unpaired) electrons. The van der Waals surface area contributed by atoms with E-state index in [9.17, 15) is 4.79 Å². The molecule has 0 bridgehead atoms. The van der Waals surface area contributed by atoms with Crippen LogP contribution >= 0.6 is 46.8 Å². The molecule has 4 rings (SSSR count). The first kappa shape index (κ1) is 25.9. The summed E-state index contributed by atoms with van der Waals surface area (Å²) in [5, 5.41) is 13.5. The van der Waals surface area contributed by atoms with E-state index < -0.39 is 0 Å². The Hall–Kier alpha value is -2.13. The number of fused-ring (bicyclic) bond motifs is 1. The molecule has 2 N–H and O–H groups in total. The van der Waals surface area contributed by atoms with Gasteiger partial charge in [-0.1, -0.05) is 35.7 Å². The van der Waals surface area contributed by atoms with Crippen molar-refractivity contribution in [2.24, 2.45) is 0 Å². The van der Waals surface area contributed by atoms with Crippen LogP contribution in [0.1, 0.15) is 63.9 Å². The number of nitrogens with one attached hydrogen (secondary N) is 2. The van der Waals surface area contributed by atoms with Gasteiger partial charge in [0, 0.05) is 20.5 Å². The summed E-state index contributed by atoms with van der Waals surface area (Å²) in [5.74, 6) is -0.297. The largest absolute Gasteiger partial charge is 0.462 e. The van der Waals surface area contributed by atoms with Crippen molar-refractivity contribution in [3.63, 3.8) is 0 Å². The first-order valence-electron chi connectivity index (χ1n) is 11.7. The van der Waals surface area contributed by atoms with Crippen LogP contribution in [-0.2, 0) is 24.1 Å². The van der Waals surface area contributed by atoms with Crippen LogP contribution in [0.5, 0.6) is 0 Å². The molecule has 3 aromatic rings. The van der Waals surface area contributed by atoms with Gasteiger partial charge in [-0.2, -0.15) is 5.10 Å². The van der Waals surface area contributed by atoms with Gasteiger partial charge in [0.25, 0.3) is 0 Å². The molecule has 35 heavy (non-hydrogen) atoms. The normalized spacial score (nSPS) is 13.2. The first-order valence-corrected chi connectivity index (χ1v) is 13.6. The quantitative estimate of drug-likeness (QED) is 0.192. The van der Waals surface area contributed by atoms with Gasteiger partial charge in [0.1, 0.15) is 5.00 Å². The third-order valence-corrected chi connectivity index (χ3v) is 8.24. The number of ether oxygens (including phenoxy) is 1. The van der Waals surface area contributed by atoms with Crippen molar-refractivity contribution in [3.8, 4) is 0 Å². The minimum absolute atomic E-state index is 0.297. The second-order valence-electron chi connectivity index (χ2n) is 8.47. The summed E-state index contributed by atoms with van der Waals surface area (Å²) in [6.45, 7) is 6.48. The monoisotopic (exact) mass is 550 g/mol. The first-order chi connectivity index (χ1) is 16.8. The van der Waals surface area contributed by atoms with Gasteiger partial charge >= 0.3 is 5.97 Å². The Labute approximate surface area is 225 Å². The molecule has 0 saturated carbocycles. The number of carbonyl (C=O) groups excluding carboxylic acids is 1. The number of halogens is 2. The van der Waals surface area contributed by atoms with E-state index in [2.05, 4.69) is 15.7 Å². The van der Waals surface area contributed by atoms with Gasteiger partial charge < -0.3 is 15.4 Å². The molecule has 1 aliphatic carbocycles. The SMILES string of the molecule is CCOC(=O)c1c(NC(=S)Nc2c(C)nn(Cc3c(Cl)cccc3Cl)c2C)sc2c1CCCCC2. The molecule has 0 unspecified atom stereocenters. The number of rotatable bonds is 6. The second kappa shape index (κ2) is 11.3. The van der Waals surface area contributed by atoms with Gasteiger partial charge in [-0.05, 0) is 76.4 Å². The van der Waals surface area contributed by atoms with Crippen molar-refractivity contribution < 1.29 is 9.53 Å². The maximum Gasteiger partial charge on any atom is 0.341 e. The van der Waals surface area contributed by atoms with E-state index in [0.717, 1.165) is 58.9 Å². The molecule has 0 atom stereocenters. The lowest BCUT2D eigenvalue weighted by molar-refractivity contribution is 0.0527. The zero-order valence-electron chi connectivity index (χ0n) is 20.0. The number of aromatic nitrogens is 2. The lowest BCUT2D eigenvalue weighted by Crippen LogP contribution is -2.21. The van der Waals surface area contributed by atoms with Gasteiger partial charge in [0.05, 0.1) is 35.8 Å². The fourth-order valence-corrected chi connectivity index (χ4v) is 6.43. The van der Waals surface area contributed by atoms with Gasteiger partial charge in [-0.3, -0.25) is 4.68 Å². The average Bonchev–Trinajstić information content (AvgIpc) is 3.16. The molecule has 10 heteroatoms. The summed E-state index contributed by atoms with van der Waals surface area (Å²) in [6.07, 6.45) is 5.24. The van der Waals surface area contributed by atoms with E-state index in [-0.39, 0.29) is 5.97 Å². The molecular formula is C25H28Cl2N4O2S2. The Balaban J connectivity index is 1.56. The number of thiocarbonyl (C=S) groups is 1. The van der Waals surface area contributed by atoms with Crippen LogP contribution < -0.4 is 10.6 Å². The highest BCUT2D eigenvalue weighted by Gasteiger charge is 2.26. The van der Waals surface area contributed by atoms with Gasteiger partial charge in [-0.25, -0.2) is 4.79 Å². The van der Waals surface area contributed by atoms with Crippen molar-refractivity contribution in [3.05, 3.63) is 61.2 Å². The highest BCUT2D eigenvalue weighted by atomic mass is 35.5. The van der Waals surface area contributed by atoms with E-state index in [4.69, 9.17) is 40.2 Å². The van der Waals surface area contributed by atoms with Crippen molar-refractivity contribution in [2.45, 2.75) is 59.4 Å². The number of nitrogens with zero attached hydrogens (tertiary/aromatic N) is 2. The second-order valence-corrected chi connectivity index (χ2v) is 10.8. The zero-order chi connectivity index (χ0) is 25.1. The van der Waals surface area contributed by atoms with Crippen molar-refractivity contribution in [1.82, 2.24) is 9.78 Å². The van der Waals surface area contributed by atoms with E-state index >= 15 is 0 Å². The predicted molar refractivity (Wildman–Crippen MR) is 149 cm³/mol. The van der Waals surface area contributed by atoms with E-state index in [1.54, 1.807) is 11.3 Å². The number of hydrogen-bond donors (Lipinski definition) is 2. The molecule has 6 nitrogen and oxygen atoms in total. The maximum atomic E-state index is 12.8. The number of esters is 1. The molecule has 0 spiro atoms. The Morgan fingerprint density at radius 3 is 2.60 bits per heavy atom. The van der Waals surface area contributed by atoms with Crippen molar-refractivity contribution >= 4 is 68.5 Å². The highest BCUT2D eigenvalue weighted by molar-refractivity contribution is 7.80. The number of thiophene rings is 1. The molecule has 2 aromatic heterocycles. The number of anilines is 2. The number of hydrogen-bond acceptors (Lipinski definition) is 5. The van der Waals surface area contributed by atoms with Crippen LogP contribution in [0.15, 0.2) is 18.2 Å². The van der Waals surface area contributed by atoms with Crippen LogP contribution in [0.3, 0.4) is 0 Å². The minimum atomic E-state index is -0.297. The Morgan fingerprint density at radius 2 is 1.89 bits per heavy atom. The molecule has 186 valence electrons. The molecule has 1 aliphatic rings. The standard InChI is InChI=1S/C25H28Cl2N4O2S2/c1-4-33-24(32)21-16-9-6-5-7-12-20(16)35-23(21)29-25(34)28-22-14(2)30-31(15(22)3)13-17-18(26)10-8-11-19(17)27/h8,10-11H,4-7,9,12-13H2,1-3H3,(H2,28,29,34). The summed E-state index contributed by atoms with van der Waals surface area (Å²) in [6, 6.07) is 5.45. The number of aryl methyl sites for hydroxylation is 2. The Bertz CT molecular complexity index is 1250. The summed E-state index contributed by atoms with van der Waals surface area (Å²) < 4.78 is 7.23. The van der Waals surface area contributed by atoms with Crippen molar-refractivity contribution in [2.75, 3.05) is 17.2 Å². The van der Waals surface area contributed by atoms with E-state index in [1.807, 2.05) is 43.7 Å². The zero-order valence-corrected chi connectivity index (χ0v) is 23.1. The van der Waals surface area contributed by atoms with E-state index in [0.29, 0.717) is 33.9 Å². The van der Waals surface area contributed by atoms with Gasteiger partial charge in [0.15, 0.2) is 5.11 Å². The molecular weight excluding hydrogens is 523 g/mol. The molecule has 0 saturated heterocycles. The third kappa shape index (κ3) is 5.66. The topological polar surface area (TPSA) is 68.2 Å². The smallest absolute Gasteiger partial charge is 0.341 e. The summed E-state index contributed by atoms with van der Waals surface area (Å²) in [4.78, 5) is 14.1. The Morgan fingerprint density at radius 1 is 1.17 bits per heavy atom. The fraction of sp³-hybridized carbons (Fsp3) is 0.400. The number of benzene rings is 1. The van der Waals surface area contributed by atoms with Crippen LogP contribution in [-0.4, -0.2) is 27.5 Å². The maximum absolute atomic E-state index is 12.8. The summed E-state index contributed by atoms with van der Waals surface area (Å²) in [5.41, 5.74) is 5.04. The van der Waals surface area contributed by atoms with Crippen LogP contribution in [0, 0.1) is 13.8 Å². The molecule has 2 heterocycles. The number of carbonyl (C=O) groups is 1. The third-order valence-electron chi connectivity index (χ3n) is 6.12. The molecule has 0 aliphatic heterocycles. The van der Waals surface area contributed by atoms with Gasteiger partial charge in [0.2, 0.25) is 0 Å². The lowest BCUT2D eigenvalue weighted by Gasteiger charge is -2.13. The van der Waals surface area contributed by atoms with E-state index in [1.165, 1.54) is 11.3 Å².